The second-order valence-corrected chi connectivity index (χ2v) is 19.2. The number of alkyl halides is 3. The molecule has 0 aliphatic carbocycles. The molecule has 80 heavy (non-hydrogen) atoms. The predicted octanol–water partition coefficient (Wildman–Crippen LogP) is 9.21. The number of carbonyl (C=O) groups excluding carboxylic acids is 4. The SMILES string of the molecule is CON=C[C@@H](F)[C@H](OC(=O)c1ccc([N+](=O)[O-])cc1)[C@@H](Br)COC(=O)c1ccc([N+](=O)[O-])cc1.CON=C[C@@H](F)[C@H](OC(=O)c1ccc([N+](=O)[O-])cc1)[C@@H](COC(=O)c1ccc([N+](=O)[O-])cc1)OS(=O)(=O)c1cc(Cl)c(Cl)cc1Cl. The maximum absolute atomic E-state index is 15.6. The molecule has 0 heterocycles. The van der Waals surface area contributed by atoms with E-state index < -0.39 is 112 Å². The Morgan fingerprint density at radius 3 is 1.24 bits per heavy atom. The Hall–Kier alpha value is -8.36. The number of rotatable bonds is 25. The average Bonchev–Trinajstić information content (AvgIpc) is 3.44. The van der Waals surface area contributed by atoms with Crippen molar-refractivity contribution in [2.24, 2.45) is 10.3 Å². The van der Waals surface area contributed by atoms with Gasteiger partial charge in [-0.2, -0.15) is 8.42 Å². The van der Waals surface area contributed by atoms with E-state index in [1.807, 2.05) is 0 Å². The predicted molar refractivity (Wildman–Crippen MR) is 278 cm³/mol. The van der Waals surface area contributed by atoms with Crippen LogP contribution in [0.25, 0.3) is 0 Å². The standard InChI is InChI=1S/C26H19Cl3FN3O12S.C20H17BrFN3O9/c1-42-31-12-21(30)24(44-26(35)15-4-8-17(9-5-15)33(38)39)22(13-43-25(34)14-2-6-16(7-3-14)32(36)37)45-46(40,41)23-11-19(28)18(27)10-20(23)29;1-32-23-10-17(22)18(34-20(27)13-4-8-15(9-5-13)25(30)31)16(21)11-33-19(26)12-2-6-14(7-3-12)24(28)29/h2-12,21-22,24H,13H2,1H3;2-10,16-18H,11H2,1H3/t21-,22-,24+;16-,17+,18+/m10/s1. The molecule has 0 bridgehead atoms. The first kappa shape index (κ1) is 64.2. The minimum atomic E-state index is -5.02. The van der Waals surface area contributed by atoms with Crippen LogP contribution in [-0.4, -0.2) is 127 Å². The highest BCUT2D eigenvalue weighted by Crippen LogP contribution is 2.34. The van der Waals surface area contributed by atoms with Crippen LogP contribution in [0, 0.1) is 40.5 Å². The van der Waals surface area contributed by atoms with Gasteiger partial charge in [0.05, 0.1) is 74.3 Å². The summed E-state index contributed by atoms with van der Waals surface area (Å²) in [5, 5.41) is 49.1. The number of non-ortho nitro benzene ring substituents is 4. The van der Waals surface area contributed by atoms with Crippen molar-refractivity contribution in [3.05, 3.63) is 187 Å². The van der Waals surface area contributed by atoms with Gasteiger partial charge >= 0.3 is 23.9 Å². The fourth-order valence-corrected chi connectivity index (χ4v) is 8.60. The monoisotopic (exact) mass is 1260 g/mol. The molecule has 0 fully saturated rings. The van der Waals surface area contributed by atoms with Crippen molar-refractivity contribution < 1.29 is 88.9 Å². The quantitative estimate of drug-likeness (QED) is 0.00767. The highest BCUT2D eigenvalue weighted by Gasteiger charge is 2.40. The van der Waals surface area contributed by atoms with Gasteiger partial charge in [0.15, 0.2) is 30.7 Å². The van der Waals surface area contributed by atoms with Crippen LogP contribution < -0.4 is 0 Å². The summed E-state index contributed by atoms with van der Waals surface area (Å²) in [4.78, 5) is 98.1. The fraction of sp³-hybridized carbons (Fsp3) is 0.217. The molecular formula is C46H36BrCl3F2N6O21S. The van der Waals surface area contributed by atoms with Gasteiger partial charge in [0.25, 0.3) is 32.9 Å². The molecule has 0 aliphatic heterocycles. The van der Waals surface area contributed by atoms with E-state index in [0.29, 0.717) is 6.21 Å². The number of ether oxygens (including phenoxy) is 4. The van der Waals surface area contributed by atoms with E-state index >= 15 is 4.39 Å². The molecule has 0 aromatic heterocycles. The Morgan fingerprint density at radius 1 is 0.550 bits per heavy atom. The third-order valence-electron chi connectivity index (χ3n) is 9.96. The van der Waals surface area contributed by atoms with Crippen molar-refractivity contribution >= 4 is 120 Å². The van der Waals surface area contributed by atoms with E-state index in [2.05, 4.69) is 35.9 Å². The molecule has 6 atom stereocenters. The molecular weight excluding hydrogens is 1230 g/mol. The Kier molecular flexibility index (Phi) is 24.2. The van der Waals surface area contributed by atoms with Crippen LogP contribution in [0.5, 0.6) is 0 Å². The summed E-state index contributed by atoms with van der Waals surface area (Å²) in [6.07, 6.45) is -9.19. The molecule has 34 heteroatoms. The largest absolute Gasteiger partial charge is 0.461 e. The van der Waals surface area contributed by atoms with E-state index in [1.54, 1.807) is 0 Å². The van der Waals surface area contributed by atoms with Crippen molar-refractivity contribution in [2.75, 3.05) is 27.4 Å². The molecule has 0 radical (unpaired) electrons. The van der Waals surface area contributed by atoms with E-state index in [0.717, 1.165) is 110 Å². The lowest BCUT2D eigenvalue weighted by Gasteiger charge is -2.27. The molecule has 0 unspecified atom stereocenters. The molecule has 424 valence electrons. The van der Waals surface area contributed by atoms with Crippen molar-refractivity contribution in [1.82, 2.24) is 0 Å². The first-order chi connectivity index (χ1) is 37.8. The van der Waals surface area contributed by atoms with E-state index in [9.17, 15) is 72.4 Å². The van der Waals surface area contributed by atoms with Gasteiger partial charge in [0, 0.05) is 48.5 Å². The van der Waals surface area contributed by atoms with Crippen LogP contribution in [0.2, 0.25) is 15.1 Å². The van der Waals surface area contributed by atoms with E-state index in [-0.39, 0.29) is 55.0 Å². The molecule has 0 saturated carbocycles. The number of nitro benzene ring substituents is 4. The first-order valence-electron chi connectivity index (χ1n) is 21.7. The molecule has 0 saturated heterocycles. The van der Waals surface area contributed by atoms with Crippen LogP contribution in [0.4, 0.5) is 31.5 Å². The lowest BCUT2D eigenvalue weighted by Crippen LogP contribution is -2.45. The maximum Gasteiger partial charge on any atom is 0.338 e. The van der Waals surface area contributed by atoms with Gasteiger partial charge in [-0.3, -0.25) is 44.6 Å². The number of hydrogen-bond acceptors (Lipinski definition) is 23. The lowest BCUT2D eigenvalue weighted by atomic mass is 10.1. The Bertz CT molecular complexity index is 3250. The summed E-state index contributed by atoms with van der Waals surface area (Å²) < 4.78 is 82.8. The lowest BCUT2D eigenvalue weighted by molar-refractivity contribution is -0.385. The number of carbonyl (C=O) groups is 4. The summed E-state index contributed by atoms with van der Waals surface area (Å²) in [7, 11) is -2.79. The van der Waals surface area contributed by atoms with Crippen LogP contribution in [0.3, 0.4) is 0 Å². The average molecular weight is 1270 g/mol. The van der Waals surface area contributed by atoms with Crippen molar-refractivity contribution in [3.63, 3.8) is 0 Å². The number of benzene rings is 5. The van der Waals surface area contributed by atoms with Gasteiger partial charge in [-0.25, -0.2) is 28.0 Å². The normalized spacial score (nSPS) is 13.4. The fourth-order valence-electron chi connectivity index (χ4n) is 6.01. The first-order valence-corrected chi connectivity index (χ1v) is 25.1. The third-order valence-corrected chi connectivity index (χ3v) is 13.3. The highest BCUT2D eigenvalue weighted by molar-refractivity contribution is 9.09. The molecule has 27 nitrogen and oxygen atoms in total. The number of hydrogen-bond donors (Lipinski definition) is 0. The van der Waals surface area contributed by atoms with Crippen molar-refractivity contribution in [1.29, 1.82) is 0 Å². The zero-order valence-electron chi connectivity index (χ0n) is 40.4. The van der Waals surface area contributed by atoms with Gasteiger partial charge in [-0.05, 0) is 60.7 Å². The molecule has 0 N–H and O–H groups in total. The summed E-state index contributed by atoms with van der Waals surface area (Å²) in [5.74, 6) is -4.29. The van der Waals surface area contributed by atoms with Gasteiger partial charge in [-0.1, -0.05) is 61.0 Å². The summed E-state index contributed by atoms with van der Waals surface area (Å²) in [6, 6.07) is 18.9. The van der Waals surface area contributed by atoms with Gasteiger partial charge in [0.1, 0.15) is 32.3 Å². The molecule has 0 aliphatic rings. The van der Waals surface area contributed by atoms with Crippen LogP contribution in [0.15, 0.2) is 124 Å². The molecule has 5 aromatic rings. The Morgan fingerprint density at radius 2 is 0.875 bits per heavy atom. The minimum Gasteiger partial charge on any atom is -0.461 e. The smallest absolute Gasteiger partial charge is 0.338 e. The van der Waals surface area contributed by atoms with Crippen LogP contribution >= 0.6 is 50.7 Å². The van der Waals surface area contributed by atoms with E-state index in [4.69, 9.17) is 57.9 Å². The summed E-state index contributed by atoms with van der Waals surface area (Å²) in [5.41, 5.74) is -1.80. The van der Waals surface area contributed by atoms with Gasteiger partial charge in [0.2, 0.25) is 0 Å². The van der Waals surface area contributed by atoms with Crippen LogP contribution in [-0.2, 0) is 42.9 Å². The second-order valence-electron chi connectivity index (χ2n) is 15.2. The highest BCUT2D eigenvalue weighted by atomic mass is 79.9. The van der Waals surface area contributed by atoms with Crippen molar-refractivity contribution in [3.8, 4) is 0 Å². The zero-order valence-corrected chi connectivity index (χ0v) is 45.0. The molecule has 0 spiro atoms. The number of nitro groups is 4. The number of nitrogens with zero attached hydrogens (tertiary/aromatic N) is 6. The summed E-state index contributed by atoms with van der Waals surface area (Å²) in [6.45, 7) is -1.55. The zero-order chi connectivity index (χ0) is 59.4. The second kappa shape index (κ2) is 30.1. The van der Waals surface area contributed by atoms with Gasteiger partial charge in [-0.15, -0.1) is 0 Å². The van der Waals surface area contributed by atoms with Gasteiger partial charge < -0.3 is 28.6 Å². The third kappa shape index (κ3) is 18.6. The summed E-state index contributed by atoms with van der Waals surface area (Å²) >= 11 is 21.0. The minimum absolute atomic E-state index is 0.0162. The molecule has 5 aromatic carbocycles. The van der Waals surface area contributed by atoms with Crippen molar-refractivity contribution in [2.45, 2.75) is 40.4 Å². The number of oxime groups is 2. The van der Waals surface area contributed by atoms with Crippen LogP contribution in [0.1, 0.15) is 41.4 Å². The Balaban J connectivity index is 0.000000361. The molecule has 0 amide bonds. The topological polar surface area (TPSA) is 364 Å². The maximum atomic E-state index is 15.6. The Labute approximate surface area is 471 Å². The number of esters is 4. The molecule has 5 rings (SSSR count). The van der Waals surface area contributed by atoms with E-state index in [1.165, 1.54) is 19.2 Å². The number of halogens is 6.